The third kappa shape index (κ3) is 3.62. The molecule has 0 unspecified atom stereocenters. The minimum Gasteiger partial charge on any atom is -0.378 e. The molecule has 0 saturated carbocycles. The smallest absolute Gasteiger partial charge is 0.0590 e. The lowest BCUT2D eigenvalue weighted by Crippen LogP contribution is -2.29. The molecule has 0 bridgehead atoms. The Morgan fingerprint density at radius 2 is 2.19 bits per heavy atom. The van der Waals surface area contributed by atoms with Gasteiger partial charge >= 0.3 is 0 Å². The molecule has 1 aromatic rings. The first-order valence-electron chi connectivity index (χ1n) is 6.23. The fourth-order valence-corrected chi connectivity index (χ4v) is 2.20. The Balaban J connectivity index is 1.69. The van der Waals surface area contributed by atoms with Crippen molar-refractivity contribution in [3.8, 4) is 0 Å². The molecular formula is C14H21NO. The molecule has 2 rings (SSSR count). The van der Waals surface area contributed by atoms with E-state index in [1.165, 1.54) is 18.4 Å². The highest BCUT2D eigenvalue weighted by Crippen LogP contribution is 2.16. The molecule has 1 heterocycles. The van der Waals surface area contributed by atoms with E-state index in [9.17, 15) is 0 Å². The van der Waals surface area contributed by atoms with Crippen LogP contribution in [0.5, 0.6) is 0 Å². The van der Waals surface area contributed by atoms with Gasteiger partial charge in [-0.25, -0.2) is 0 Å². The van der Waals surface area contributed by atoms with E-state index in [0.717, 1.165) is 19.6 Å². The highest BCUT2D eigenvalue weighted by Gasteiger charge is 2.17. The average Bonchev–Trinajstić information content (AvgIpc) is 2.81. The van der Waals surface area contributed by atoms with Crippen LogP contribution in [-0.2, 0) is 11.3 Å². The lowest BCUT2D eigenvalue weighted by molar-refractivity contribution is 0.0961. The van der Waals surface area contributed by atoms with Gasteiger partial charge in [0.1, 0.15) is 0 Å². The van der Waals surface area contributed by atoms with Crippen molar-refractivity contribution in [1.29, 1.82) is 0 Å². The predicted octanol–water partition coefficient (Wildman–Crippen LogP) is 2.73. The molecule has 0 radical (unpaired) electrons. The Bertz CT molecular complexity index is 293. The number of benzene rings is 1. The SMILES string of the molecule is C[C@H](C[C@@H]1CCCO1)NCc1ccccc1. The molecule has 0 aromatic heterocycles. The Morgan fingerprint density at radius 3 is 2.88 bits per heavy atom. The minimum atomic E-state index is 0.485. The molecule has 2 nitrogen and oxygen atoms in total. The van der Waals surface area contributed by atoms with Crippen LogP contribution in [0.25, 0.3) is 0 Å². The Morgan fingerprint density at radius 1 is 1.38 bits per heavy atom. The maximum Gasteiger partial charge on any atom is 0.0590 e. The van der Waals surface area contributed by atoms with E-state index in [0.29, 0.717) is 12.1 Å². The third-order valence-corrected chi connectivity index (χ3v) is 3.14. The van der Waals surface area contributed by atoms with Crippen molar-refractivity contribution in [2.75, 3.05) is 6.61 Å². The van der Waals surface area contributed by atoms with Crippen LogP contribution >= 0.6 is 0 Å². The average molecular weight is 219 g/mol. The Labute approximate surface area is 98.0 Å². The standard InChI is InChI=1S/C14H21NO/c1-12(10-14-8-5-9-16-14)15-11-13-6-3-2-4-7-13/h2-4,6-7,12,14-15H,5,8-11H2,1H3/t12-,14+/m1/s1. The molecule has 0 aliphatic carbocycles. The van der Waals surface area contributed by atoms with Crippen LogP contribution in [0.2, 0.25) is 0 Å². The van der Waals surface area contributed by atoms with Crippen LogP contribution < -0.4 is 5.32 Å². The maximum absolute atomic E-state index is 5.64. The molecule has 1 aliphatic heterocycles. The van der Waals surface area contributed by atoms with Gasteiger partial charge in [-0.2, -0.15) is 0 Å². The van der Waals surface area contributed by atoms with E-state index < -0.39 is 0 Å². The fraction of sp³-hybridized carbons (Fsp3) is 0.571. The van der Waals surface area contributed by atoms with Gasteiger partial charge in [-0.1, -0.05) is 30.3 Å². The maximum atomic E-state index is 5.64. The van der Waals surface area contributed by atoms with E-state index in [2.05, 4.69) is 42.6 Å². The summed E-state index contributed by atoms with van der Waals surface area (Å²) in [4.78, 5) is 0. The van der Waals surface area contributed by atoms with Crippen molar-refractivity contribution in [3.05, 3.63) is 35.9 Å². The second-order valence-electron chi connectivity index (χ2n) is 4.64. The normalized spacial score (nSPS) is 22.2. The third-order valence-electron chi connectivity index (χ3n) is 3.14. The highest BCUT2D eigenvalue weighted by atomic mass is 16.5. The summed E-state index contributed by atoms with van der Waals surface area (Å²) in [5.41, 5.74) is 1.35. The Kier molecular flexibility index (Phi) is 4.37. The summed E-state index contributed by atoms with van der Waals surface area (Å²) < 4.78 is 5.64. The van der Waals surface area contributed by atoms with Crippen LogP contribution in [0.15, 0.2) is 30.3 Å². The highest BCUT2D eigenvalue weighted by molar-refractivity contribution is 5.14. The number of rotatable bonds is 5. The van der Waals surface area contributed by atoms with E-state index in [4.69, 9.17) is 4.74 Å². The van der Waals surface area contributed by atoms with Gasteiger partial charge in [0.25, 0.3) is 0 Å². The first-order chi connectivity index (χ1) is 7.84. The number of hydrogen-bond donors (Lipinski definition) is 1. The summed E-state index contributed by atoms with van der Waals surface area (Å²) in [6.07, 6.45) is 4.08. The summed E-state index contributed by atoms with van der Waals surface area (Å²) in [5, 5.41) is 3.55. The molecule has 2 heteroatoms. The molecule has 1 saturated heterocycles. The van der Waals surface area contributed by atoms with E-state index in [1.807, 2.05) is 0 Å². The van der Waals surface area contributed by atoms with Gasteiger partial charge in [0.2, 0.25) is 0 Å². The quantitative estimate of drug-likeness (QED) is 0.822. The van der Waals surface area contributed by atoms with Gasteiger partial charge in [0.05, 0.1) is 6.10 Å². The molecule has 1 aliphatic rings. The van der Waals surface area contributed by atoms with Gasteiger partial charge in [0, 0.05) is 19.2 Å². The van der Waals surface area contributed by atoms with Crippen LogP contribution in [0.3, 0.4) is 0 Å². The first kappa shape index (κ1) is 11.6. The van der Waals surface area contributed by atoms with Crippen molar-refractivity contribution >= 4 is 0 Å². The summed E-state index contributed by atoms with van der Waals surface area (Å²) in [5.74, 6) is 0. The van der Waals surface area contributed by atoms with Crippen molar-refractivity contribution in [2.24, 2.45) is 0 Å². The van der Waals surface area contributed by atoms with Crippen molar-refractivity contribution in [1.82, 2.24) is 5.32 Å². The topological polar surface area (TPSA) is 21.3 Å². The molecule has 1 N–H and O–H groups in total. The van der Waals surface area contributed by atoms with Gasteiger partial charge in [0.15, 0.2) is 0 Å². The van der Waals surface area contributed by atoms with E-state index in [-0.39, 0.29) is 0 Å². The monoisotopic (exact) mass is 219 g/mol. The van der Waals surface area contributed by atoms with Crippen LogP contribution in [0.1, 0.15) is 31.7 Å². The number of nitrogens with one attached hydrogen (secondary N) is 1. The Hall–Kier alpha value is -0.860. The number of hydrogen-bond acceptors (Lipinski definition) is 2. The molecular weight excluding hydrogens is 198 g/mol. The van der Waals surface area contributed by atoms with Crippen molar-refractivity contribution in [3.63, 3.8) is 0 Å². The van der Waals surface area contributed by atoms with Crippen molar-refractivity contribution < 1.29 is 4.74 Å². The van der Waals surface area contributed by atoms with Gasteiger partial charge < -0.3 is 10.1 Å². The lowest BCUT2D eigenvalue weighted by Gasteiger charge is -2.17. The largest absolute Gasteiger partial charge is 0.378 e. The molecule has 1 fully saturated rings. The predicted molar refractivity (Wildman–Crippen MR) is 66.3 cm³/mol. The second kappa shape index (κ2) is 6.02. The van der Waals surface area contributed by atoms with Crippen LogP contribution in [0, 0.1) is 0 Å². The zero-order chi connectivity index (χ0) is 11.2. The molecule has 16 heavy (non-hydrogen) atoms. The van der Waals surface area contributed by atoms with Crippen LogP contribution in [0.4, 0.5) is 0 Å². The molecule has 1 aromatic carbocycles. The summed E-state index contributed by atoms with van der Waals surface area (Å²) in [6, 6.07) is 11.1. The second-order valence-corrected chi connectivity index (χ2v) is 4.64. The van der Waals surface area contributed by atoms with Crippen LogP contribution in [-0.4, -0.2) is 18.8 Å². The first-order valence-corrected chi connectivity index (χ1v) is 6.23. The van der Waals surface area contributed by atoms with Gasteiger partial charge in [-0.3, -0.25) is 0 Å². The summed E-state index contributed by atoms with van der Waals surface area (Å²) >= 11 is 0. The zero-order valence-electron chi connectivity index (χ0n) is 9.99. The minimum absolute atomic E-state index is 0.485. The summed E-state index contributed by atoms with van der Waals surface area (Å²) in [6.45, 7) is 4.15. The molecule has 0 spiro atoms. The number of ether oxygens (including phenoxy) is 1. The van der Waals surface area contributed by atoms with E-state index in [1.54, 1.807) is 0 Å². The molecule has 0 amide bonds. The van der Waals surface area contributed by atoms with Crippen molar-refractivity contribution in [2.45, 2.75) is 44.9 Å². The zero-order valence-corrected chi connectivity index (χ0v) is 9.99. The lowest BCUT2D eigenvalue weighted by atomic mass is 10.1. The van der Waals surface area contributed by atoms with Gasteiger partial charge in [-0.15, -0.1) is 0 Å². The van der Waals surface area contributed by atoms with E-state index >= 15 is 0 Å². The fourth-order valence-electron chi connectivity index (χ4n) is 2.20. The summed E-state index contributed by atoms with van der Waals surface area (Å²) in [7, 11) is 0. The molecule has 2 atom stereocenters. The molecule has 88 valence electrons. The van der Waals surface area contributed by atoms with Gasteiger partial charge in [-0.05, 0) is 31.7 Å².